The molecular formula is C8H13N3O. The number of aromatic amines is 1. The number of aromatic nitrogens is 2. The third-order valence-electron chi connectivity index (χ3n) is 2.07. The van der Waals surface area contributed by atoms with Crippen molar-refractivity contribution in [3.8, 4) is 0 Å². The molecule has 0 saturated carbocycles. The highest BCUT2D eigenvalue weighted by Crippen LogP contribution is 2.13. The maximum absolute atomic E-state index is 5.43. The van der Waals surface area contributed by atoms with Crippen LogP contribution in [0.2, 0.25) is 0 Å². The van der Waals surface area contributed by atoms with Crippen LogP contribution in [0, 0.1) is 0 Å². The van der Waals surface area contributed by atoms with Crippen LogP contribution in [0.3, 0.4) is 0 Å². The second-order valence-corrected chi connectivity index (χ2v) is 3.07. The Balaban J connectivity index is 2.04. The van der Waals surface area contributed by atoms with Crippen LogP contribution in [0.5, 0.6) is 0 Å². The minimum Gasteiger partial charge on any atom is -0.375 e. The zero-order valence-corrected chi connectivity index (χ0v) is 7.16. The van der Waals surface area contributed by atoms with Gasteiger partial charge in [-0.15, -0.1) is 0 Å². The standard InChI is InChI=1S/C8H13N3O/c1-7-6-11(4-5-12-7)8-2-3-9-10-8/h2-3,7H,4-6H2,1H3,(H,9,10)/t7-/m1/s1. The number of nitrogens with zero attached hydrogens (tertiary/aromatic N) is 2. The maximum Gasteiger partial charge on any atom is 0.124 e. The van der Waals surface area contributed by atoms with Crippen LogP contribution < -0.4 is 4.90 Å². The number of H-pyrrole nitrogens is 1. The third-order valence-corrected chi connectivity index (χ3v) is 2.07. The number of morpholine rings is 1. The summed E-state index contributed by atoms with van der Waals surface area (Å²) in [6, 6.07) is 1.98. The van der Waals surface area contributed by atoms with E-state index in [2.05, 4.69) is 22.0 Å². The van der Waals surface area contributed by atoms with Crippen molar-refractivity contribution in [3.63, 3.8) is 0 Å². The van der Waals surface area contributed by atoms with Crippen molar-refractivity contribution >= 4 is 5.82 Å². The molecule has 2 rings (SSSR count). The topological polar surface area (TPSA) is 41.2 Å². The smallest absolute Gasteiger partial charge is 0.124 e. The molecule has 0 aliphatic carbocycles. The van der Waals surface area contributed by atoms with Gasteiger partial charge in [0.05, 0.1) is 18.9 Å². The lowest BCUT2D eigenvalue weighted by atomic mass is 10.3. The summed E-state index contributed by atoms with van der Waals surface area (Å²) >= 11 is 0. The molecule has 0 bridgehead atoms. The predicted molar refractivity (Wildman–Crippen MR) is 46.2 cm³/mol. The molecule has 1 aliphatic heterocycles. The molecule has 1 aromatic heterocycles. The number of rotatable bonds is 1. The van der Waals surface area contributed by atoms with Gasteiger partial charge in [-0.1, -0.05) is 0 Å². The van der Waals surface area contributed by atoms with Crippen LogP contribution in [0.1, 0.15) is 6.92 Å². The van der Waals surface area contributed by atoms with Gasteiger partial charge in [-0.25, -0.2) is 0 Å². The Morgan fingerprint density at radius 2 is 2.67 bits per heavy atom. The largest absolute Gasteiger partial charge is 0.375 e. The summed E-state index contributed by atoms with van der Waals surface area (Å²) in [7, 11) is 0. The van der Waals surface area contributed by atoms with Gasteiger partial charge in [-0.3, -0.25) is 5.10 Å². The molecule has 4 nitrogen and oxygen atoms in total. The van der Waals surface area contributed by atoms with E-state index in [-0.39, 0.29) is 0 Å². The maximum atomic E-state index is 5.43. The molecule has 1 N–H and O–H groups in total. The van der Waals surface area contributed by atoms with Gasteiger partial charge >= 0.3 is 0 Å². The van der Waals surface area contributed by atoms with E-state index in [4.69, 9.17) is 4.74 Å². The lowest BCUT2D eigenvalue weighted by Crippen LogP contribution is -2.41. The Hall–Kier alpha value is -1.03. The Kier molecular flexibility index (Phi) is 1.99. The summed E-state index contributed by atoms with van der Waals surface area (Å²) in [6.45, 7) is 4.79. The van der Waals surface area contributed by atoms with Gasteiger partial charge < -0.3 is 9.64 Å². The average Bonchev–Trinajstić information content (AvgIpc) is 2.56. The molecule has 1 aliphatic rings. The molecule has 12 heavy (non-hydrogen) atoms. The highest BCUT2D eigenvalue weighted by Gasteiger charge is 2.17. The molecular weight excluding hydrogens is 154 g/mol. The number of ether oxygens (including phenoxy) is 1. The molecule has 1 fully saturated rings. The number of anilines is 1. The van der Waals surface area contributed by atoms with Crippen molar-refractivity contribution in [1.29, 1.82) is 0 Å². The van der Waals surface area contributed by atoms with Crippen molar-refractivity contribution in [2.75, 3.05) is 24.6 Å². The fourth-order valence-electron chi connectivity index (χ4n) is 1.46. The summed E-state index contributed by atoms with van der Waals surface area (Å²) in [6.07, 6.45) is 2.09. The summed E-state index contributed by atoms with van der Waals surface area (Å²) in [5.74, 6) is 1.09. The molecule has 1 aromatic rings. The van der Waals surface area contributed by atoms with E-state index in [9.17, 15) is 0 Å². The average molecular weight is 167 g/mol. The van der Waals surface area contributed by atoms with Gasteiger partial charge in [0.25, 0.3) is 0 Å². The first-order valence-electron chi connectivity index (χ1n) is 4.22. The monoisotopic (exact) mass is 167 g/mol. The first-order valence-corrected chi connectivity index (χ1v) is 4.22. The molecule has 0 amide bonds. The van der Waals surface area contributed by atoms with E-state index in [1.807, 2.05) is 6.07 Å². The SMILES string of the molecule is C[C@@H]1CN(c2ccn[nH]2)CCO1. The van der Waals surface area contributed by atoms with Crippen LogP contribution >= 0.6 is 0 Å². The van der Waals surface area contributed by atoms with Crippen LogP contribution in [0.25, 0.3) is 0 Å². The normalized spacial score (nSPS) is 24.4. The van der Waals surface area contributed by atoms with Gasteiger partial charge in [0.15, 0.2) is 0 Å². The Bertz CT molecular complexity index is 234. The Morgan fingerprint density at radius 3 is 3.33 bits per heavy atom. The summed E-state index contributed by atoms with van der Waals surface area (Å²) in [5.41, 5.74) is 0. The number of hydrogen-bond acceptors (Lipinski definition) is 3. The molecule has 66 valence electrons. The van der Waals surface area contributed by atoms with E-state index in [0.29, 0.717) is 6.10 Å². The third kappa shape index (κ3) is 1.43. The fourth-order valence-corrected chi connectivity index (χ4v) is 1.46. The minimum atomic E-state index is 0.321. The van der Waals surface area contributed by atoms with Crippen LogP contribution in [0.15, 0.2) is 12.3 Å². The zero-order valence-electron chi connectivity index (χ0n) is 7.16. The molecule has 4 heteroatoms. The van der Waals surface area contributed by atoms with Crippen LogP contribution in [0.4, 0.5) is 5.82 Å². The van der Waals surface area contributed by atoms with Crippen LogP contribution in [-0.4, -0.2) is 36.0 Å². The number of hydrogen-bond donors (Lipinski definition) is 1. The van der Waals surface area contributed by atoms with Gasteiger partial charge in [0, 0.05) is 19.2 Å². The summed E-state index contributed by atoms with van der Waals surface area (Å²) in [4.78, 5) is 2.25. The lowest BCUT2D eigenvalue weighted by Gasteiger charge is -2.31. The van der Waals surface area contributed by atoms with Gasteiger partial charge in [0.2, 0.25) is 0 Å². The van der Waals surface area contributed by atoms with E-state index < -0.39 is 0 Å². The highest BCUT2D eigenvalue weighted by molar-refractivity contribution is 5.36. The van der Waals surface area contributed by atoms with Crippen molar-refractivity contribution in [1.82, 2.24) is 10.2 Å². The lowest BCUT2D eigenvalue weighted by molar-refractivity contribution is 0.0529. The van der Waals surface area contributed by atoms with Crippen molar-refractivity contribution in [3.05, 3.63) is 12.3 Å². The minimum absolute atomic E-state index is 0.321. The van der Waals surface area contributed by atoms with Gasteiger partial charge in [-0.05, 0) is 6.92 Å². The van der Waals surface area contributed by atoms with Gasteiger partial charge in [0.1, 0.15) is 5.82 Å². The van der Waals surface area contributed by atoms with Crippen molar-refractivity contribution < 1.29 is 4.74 Å². The predicted octanol–water partition coefficient (Wildman–Crippen LogP) is 0.635. The fraction of sp³-hybridized carbons (Fsp3) is 0.625. The molecule has 0 unspecified atom stereocenters. The molecule has 1 atom stereocenters. The molecule has 0 spiro atoms. The number of nitrogens with one attached hydrogen (secondary N) is 1. The zero-order chi connectivity index (χ0) is 8.39. The molecule has 0 aromatic carbocycles. The first kappa shape index (κ1) is 7.61. The second-order valence-electron chi connectivity index (χ2n) is 3.07. The second kappa shape index (κ2) is 3.15. The molecule has 2 heterocycles. The van der Waals surface area contributed by atoms with Crippen LogP contribution in [-0.2, 0) is 4.74 Å². The highest BCUT2D eigenvalue weighted by atomic mass is 16.5. The van der Waals surface area contributed by atoms with E-state index in [0.717, 1.165) is 25.5 Å². The van der Waals surface area contributed by atoms with E-state index >= 15 is 0 Å². The summed E-state index contributed by atoms with van der Waals surface area (Å²) in [5, 5.41) is 6.86. The Labute approximate surface area is 71.5 Å². The summed E-state index contributed by atoms with van der Waals surface area (Å²) < 4.78 is 5.43. The van der Waals surface area contributed by atoms with Gasteiger partial charge in [-0.2, -0.15) is 5.10 Å². The van der Waals surface area contributed by atoms with E-state index in [1.54, 1.807) is 6.20 Å². The van der Waals surface area contributed by atoms with E-state index in [1.165, 1.54) is 0 Å². The molecule has 0 radical (unpaired) electrons. The first-order chi connectivity index (χ1) is 5.86. The van der Waals surface area contributed by atoms with Crippen molar-refractivity contribution in [2.45, 2.75) is 13.0 Å². The quantitative estimate of drug-likeness (QED) is 0.667. The van der Waals surface area contributed by atoms with Crippen molar-refractivity contribution in [2.24, 2.45) is 0 Å². The molecule has 1 saturated heterocycles. The Morgan fingerprint density at radius 1 is 1.75 bits per heavy atom.